The van der Waals surface area contributed by atoms with Crippen LogP contribution in [0.1, 0.15) is 26.4 Å². The number of hydrogen-bond acceptors (Lipinski definition) is 8. The highest BCUT2D eigenvalue weighted by Gasteiger charge is 2.17. The number of nitrogens with one attached hydrogen (secondary N) is 1. The molecule has 1 aliphatic heterocycles. The smallest absolute Gasteiger partial charge is 0.337 e. The molecule has 1 amide bonds. The van der Waals surface area contributed by atoms with Gasteiger partial charge in [-0.15, -0.1) is 24.8 Å². The number of aromatic nitrogens is 4. The Balaban J connectivity index is 0.00000221. The quantitative estimate of drug-likeness (QED) is 0.239. The summed E-state index contributed by atoms with van der Waals surface area (Å²) in [5, 5.41) is 8.37. The summed E-state index contributed by atoms with van der Waals surface area (Å²) in [6.45, 7) is 6.20. The number of anilines is 1. The van der Waals surface area contributed by atoms with Crippen molar-refractivity contribution in [2.75, 3.05) is 58.8 Å². The van der Waals surface area contributed by atoms with E-state index >= 15 is 0 Å². The van der Waals surface area contributed by atoms with Crippen LogP contribution in [0.5, 0.6) is 5.75 Å². The molecule has 0 atom stereocenters. The molecule has 0 radical (unpaired) electrons. The van der Waals surface area contributed by atoms with Crippen molar-refractivity contribution in [3.05, 3.63) is 90.0 Å². The van der Waals surface area contributed by atoms with Gasteiger partial charge in [0.2, 0.25) is 0 Å². The standard InChI is InChI=1S/C31H33N7O4.2ClH/c1-35-11-13-36(14-12-35)15-16-42-24-9-10-37-28(20-32-29(37)18-24)30(39)34-26-7-4-8-27-25(26)19-33-38(27)21-22-5-3-6-23(17-22)31(40)41-2;;/h3-10,17-20H,11-16,21H2,1-2H3,(H,34,39);2*1H. The van der Waals surface area contributed by atoms with E-state index in [9.17, 15) is 9.59 Å². The monoisotopic (exact) mass is 639 g/mol. The van der Waals surface area contributed by atoms with Crippen molar-refractivity contribution < 1.29 is 19.1 Å². The van der Waals surface area contributed by atoms with Crippen molar-refractivity contribution in [2.45, 2.75) is 6.54 Å². The summed E-state index contributed by atoms with van der Waals surface area (Å²) in [4.78, 5) is 34.4. The second-order valence-electron chi connectivity index (χ2n) is 10.4. The maximum atomic E-state index is 13.3. The minimum absolute atomic E-state index is 0. The molecule has 232 valence electrons. The maximum Gasteiger partial charge on any atom is 0.337 e. The van der Waals surface area contributed by atoms with Gasteiger partial charge in [-0.3, -0.25) is 18.8 Å². The Hall–Kier alpha value is -4.16. The molecule has 44 heavy (non-hydrogen) atoms. The summed E-state index contributed by atoms with van der Waals surface area (Å²) >= 11 is 0. The molecule has 0 unspecified atom stereocenters. The number of likely N-dealkylation sites (N-methyl/N-ethyl adjacent to an activating group) is 1. The number of nitrogens with zero attached hydrogens (tertiary/aromatic N) is 6. The topological polar surface area (TPSA) is 106 Å². The number of fused-ring (bicyclic) bond motifs is 2. The van der Waals surface area contributed by atoms with Crippen LogP contribution in [-0.4, -0.2) is 94.3 Å². The van der Waals surface area contributed by atoms with E-state index in [-0.39, 0.29) is 36.7 Å². The van der Waals surface area contributed by atoms with Crippen molar-refractivity contribution in [1.82, 2.24) is 29.0 Å². The van der Waals surface area contributed by atoms with E-state index in [2.05, 4.69) is 32.2 Å². The molecule has 2 aromatic carbocycles. The van der Waals surface area contributed by atoms with Gasteiger partial charge in [-0.05, 0) is 42.9 Å². The van der Waals surface area contributed by atoms with Crippen LogP contribution in [0.15, 0.2) is 73.2 Å². The highest BCUT2D eigenvalue weighted by molar-refractivity contribution is 6.08. The Labute approximate surface area is 267 Å². The molecule has 5 aromatic rings. The van der Waals surface area contributed by atoms with Gasteiger partial charge in [0.25, 0.3) is 5.91 Å². The highest BCUT2D eigenvalue weighted by atomic mass is 35.5. The van der Waals surface area contributed by atoms with Crippen LogP contribution in [-0.2, 0) is 11.3 Å². The number of pyridine rings is 1. The van der Waals surface area contributed by atoms with Crippen LogP contribution in [0.2, 0.25) is 0 Å². The first-order valence-corrected chi connectivity index (χ1v) is 13.9. The van der Waals surface area contributed by atoms with Crippen LogP contribution in [0.3, 0.4) is 0 Å². The average Bonchev–Trinajstić information content (AvgIpc) is 3.62. The van der Waals surface area contributed by atoms with E-state index in [1.165, 1.54) is 7.11 Å². The van der Waals surface area contributed by atoms with Crippen molar-refractivity contribution in [3.8, 4) is 5.75 Å². The van der Waals surface area contributed by atoms with Gasteiger partial charge in [-0.25, -0.2) is 9.78 Å². The summed E-state index contributed by atoms with van der Waals surface area (Å²) in [6, 6.07) is 16.6. The molecule has 4 heterocycles. The second kappa shape index (κ2) is 14.5. The number of rotatable bonds is 9. The SMILES string of the molecule is COC(=O)c1cccc(Cn2ncc3c(NC(=O)c4cnc5cc(OCCN6CCN(C)CC6)ccn45)cccc32)c1.Cl.Cl. The number of imidazole rings is 1. The molecule has 1 N–H and O–H groups in total. The number of amides is 1. The molecule has 0 spiro atoms. The average molecular weight is 641 g/mol. The third-order valence-electron chi connectivity index (χ3n) is 7.61. The van der Waals surface area contributed by atoms with Crippen LogP contribution >= 0.6 is 24.8 Å². The lowest BCUT2D eigenvalue weighted by atomic mass is 10.1. The number of piperazine rings is 1. The molecule has 6 rings (SSSR count). The molecule has 0 saturated carbocycles. The number of carbonyl (C=O) groups is 2. The zero-order valence-corrected chi connectivity index (χ0v) is 26.1. The first kappa shape index (κ1) is 32.7. The highest BCUT2D eigenvalue weighted by Crippen LogP contribution is 2.25. The van der Waals surface area contributed by atoms with Gasteiger partial charge < -0.3 is 19.7 Å². The van der Waals surface area contributed by atoms with E-state index in [4.69, 9.17) is 9.47 Å². The van der Waals surface area contributed by atoms with Gasteiger partial charge in [-0.2, -0.15) is 5.10 Å². The van der Waals surface area contributed by atoms with Gasteiger partial charge in [0.05, 0.1) is 42.8 Å². The van der Waals surface area contributed by atoms with Crippen LogP contribution < -0.4 is 10.1 Å². The first-order valence-electron chi connectivity index (χ1n) is 13.9. The predicted octanol–water partition coefficient (Wildman–Crippen LogP) is 4.24. The van der Waals surface area contributed by atoms with E-state index in [0.717, 1.165) is 54.9 Å². The minimum atomic E-state index is -0.385. The van der Waals surface area contributed by atoms with Crippen LogP contribution in [0.25, 0.3) is 16.6 Å². The molecule has 3 aromatic heterocycles. The largest absolute Gasteiger partial charge is 0.492 e. The third-order valence-corrected chi connectivity index (χ3v) is 7.61. The normalized spacial score (nSPS) is 13.7. The number of methoxy groups -OCH3 is 1. The molecule has 0 aliphatic carbocycles. The molecule has 1 saturated heterocycles. The first-order chi connectivity index (χ1) is 20.5. The van der Waals surface area contributed by atoms with E-state index in [1.54, 1.807) is 28.9 Å². The summed E-state index contributed by atoms with van der Waals surface area (Å²) in [6.07, 6.45) is 5.11. The predicted molar refractivity (Wildman–Crippen MR) is 174 cm³/mol. The lowest BCUT2D eigenvalue weighted by Crippen LogP contribution is -2.45. The number of halogens is 2. The number of esters is 1. The van der Waals surface area contributed by atoms with E-state index in [0.29, 0.717) is 35.7 Å². The van der Waals surface area contributed by atoms with Crippen molar-refractivity contribution >= 4 is 58.9 Å². The summed E-state index contributed by atoms with van der Waals surface area (Å²) in [5.41, 5.74) is 3.94. The molecule has 0 bridgehead atoms. The summed E-state index contributed by atoms with van der Waals surface area (Å²) in [7, 11) is 3.51. The van der Waals surface area contributed by atoms with Crippen molar-refractivity contribution in [3.63, 3.8) is 0 Å². The molecular formula is C31H35Cl2N7O4. The summed E-state index contributed by atoms with van der Waals surface area (Å²) in [5.74, 6) is 0.0604. The Bertz CT molecular complexity index is 1750. The molecule has 11 nitrogen and oxygen atoms in total. The number of hydrogen-bond donors (Lipinski definition) is 1. The van der Waals surface area contributed by atoms with Gasteiger partial charge >= 0.3 is 5.97 Å². The fourth-order valence-corrected chi connectivity index (χ4v) is 5.20. The lowest BCUT2D eigenvalue weighted by molar-refractivity contribution is 0.0600. The second-order valence-corrected chi connectivity index (χ2v) is 10.4. The fraction of sp³-hybridized carbons (Fsp3) is 0.290. The number of benzene rings is 2. The fourth-order valence-electron chi connectivity index (χ4n) is 5.20. The zero-order chi connectivity index (χ0) is 29.1. The Morgan fingerprint density at radius 3 is 2.57 bits per heavy atom. The van der Waals surface area contributed by atoms with Gasteiger partial charge in [0.1, 0.15) is 23.7 Å². The maximum absolute atomic E-state index is 13.3. The Kier molecular flexibility index (Phi) is 10.8. The van der Waals surface area contributed by atoms with E-state index < -0.39 is 0 Å². The Morgan fingerprint density at radius 1 is 0.977 bits per heavy atom. The Morgan fingerprint density at radius 2 is 1.77 bits per heavy atom. The number of ether oxygens (including phenoxy) is 2. The molecule has 1 aliphatic rings. The van der Waals surface area contributed by atoms with Crippen molar-refractivity contribution in [2.24, 2.45) is 0 Å². The third kappa shape index (κ3) is 7.13. The zero-order valence-electron chi connectivity index (χ0n) is 24.5. The minimum Gasteiger partial charge on any atom is -0.492 e. The van der Waals surface area contributed by atoms with Crippen LogP contribution in [0, 0.1) is 0 Å². The van der Waals surface area contributed by atoms with Gasteiger partial charge in [0.15, 0.2) is 0 Å². The summed E-state index contributed by atoms with van der Waals surface area (Å²) < 4.78 is 14.4. The molecule has 13 heteroatoms. The lowest BCUT2D eigenvalue weighted by Gasteiger charge is -2.32. The van der Waals surface area contributed by atoms with E-state index in [1.807, 2.05) is 53.3 Å². The molecular weight excluding hydrogens is 605 g/mol. The van der Waals surface area contributed by atoms with Gasteiger partial charge in [0, 0.05) is 50.4 Å². The van der Waals surface area contributed by atoms with Crippen LogP contribution in [0.4, 0.5) is 5.69 Å². The van der Waals surface area contributed by atoms with Gasteiger partial charge in [-0.1, -0.05) is 18.2 Å². The van der Waals surface area contributed by atoms with Crippen molar-refractivity contribution in [1.29, 1.82) is 0 Å². The molecule has 1 fully saturated rings. The number of carbonyl (C=O) groups excluding carboxylic acids is 2.